The smallest absolute Gasteiger partial charge is 0.0682 e. The van der Waals surface area contributed by atoms with Crippen LogP contribution in [0.25, 0.3) is 10.9 Å². The van der Waals surface area contributed by atoms with Crippen molar-refractivity contribution < 1.29 is 0 Å². The Bertz CT molecular complexity index is 455. The summed E-state index contributed by atoms with van der Waals surface area (Å²) in [5, 5.41) is 5.70. The van der Waals surface area contributed by atoms with Crippen molar-refractivity contribution in [3.63, 3.8) is 0 Å². The fourth-order valence-corrected chi connectivity index (χ4v) is 1.93. The van der Waals surface area contributed by atoms with Crippen molar-refractivity contribution in [3.8, 4) is 0 Å². The van der Waals surface area contributed by atoms with Gasteiger partial charge in [0.2, 0.25) is 0 Å². The molecule has 1 aromatic carbocycles. The monoisotopic (exact) mass is 188 g/mol. The predicted molar refractivity (Wildman–Crippen MR) is 59.4 cm³/mol. The molecule has 2 aromatic rings. The van der Waals surface area contributed by atoms with E-state index in [-0.39, 0.29) is 0 Å². The summed E-state index contributed by atoms with van der Waals surface area (Å²) in [6.07, 6.45) is 2.36. The van der Waals surface area contributed by atoms with Crippen LogP contribution in [0.2, 0.25) is 0 Å². The van der Waals surface area contributed by atoms with Crippen LogP contribution in [0.1, 0.15) is 24.6 Å². The summed E-state index contributed by atoms with van der Waals surface area (Å²) in [6.45, 7) is 4.28. The molecule has 1 aromatic heterocycles. The highest BCUT2D eigenvalue weighted by Gasteiger charge is 2.04. The van der Waals surface area contributed by atoms with Gasteiger partial charge in [0, 0.05) is 12.4 Å². The third kappa shape index (κ3) is 1.41. The minimum absolute atomic E-state index is 1.13. The van der Waals surface area contributed by atoms with Crippen molar-refractivity contribution in [2.75, 3.05) is 0 Å². The summed E-state index contributed by atoms with van der Waals surface area (Å²) < 4.78 is 1.94. The zero-order valence-corrected chi connectivity index (χ0v) is 9.04. The zero-order chi connectivity index (χ0) is 10.1. The van der Waals surface area contributed by atoms with Crippen LogP contribution >= 0.6 is 0 Å². The van der Waals surface area contributed by atoms with E-state index >= 15 is 0 Å². The van der Waals surface area contributed by atoms with Crippen LogP contribution in [0.15, 0.2) is 18.2 Å². The zero-order valence-electron chi connectivity index (χ0n) is 9.04. The molecule has 2 rings (SSSR count). The highest BCUT2D eigenvalue weighted by atomic mass is 15.3. The Morgan fingerprint density at radius 2 is 2.14 bits per heavy atom. The molecule has 74 valence electrons. The standard InChI is InChI=1S/C12H16N2/c1-4-5-10-6-7-12-11(8-10)9(2)13-14(12)3/h6-8H,4-5H2,1-3H3. The van der Waals surface area contributed by atoms with Gasteiger partial charge in [-0.1, -0.05) is 19.4 Å². The van der Waals surface area contributed by atoms with Crippen LogP contribution < -0.4 is 0 Å². The summed E-state index contributed by atoms with van der Waals surface area (Å²) in [5.74, 6) is 0. The second-order valence-corrected chi connectivity index (χ2v) is 3.81. The molecule has 0 bridgehead atoms. The molecule has 0 aliphatic carbocycles. The molecule has 0 N–H and O–H groups in total. The Morgan fingerprint density at radius 1 is 1.36 bits per heavy atom. The van der Waals surface area contributed by atoms with Gasteiger partial charge in [-0.2, -0.15) is 5.10 Å². The number of benzene rings is 1. The average molecular weight is 188 g/mol. The highest BCUT2D eigenvalue weighted by Crippen LogP contribution is 2.19. The van der Waals surface area contributed by atoms with Crippen molar-refractivity contribution in [1.29, 1.82) is 0 Å². The van der Waals surface area contributed by atoms with E-state index in [1.54, 1.807) is 0 Å². The largest absolute Gasteiger partial charge is 0.268 e. The van der Waals surface area contributed by atoms with Crippen molar-refractivity contribution in [1.82, 2.24) is 9.78 Å². The summed E-state index contributed by atoms with van der Waals surface area (Å²) in [6, 6.07) is 6.63. The summed E-state index contributed by atoms with van der Waals surface area (Å²) in [5.41, 5.74) is 3.76. The first-order chi connectivity index (χ1) is 6.72. The minimum Gasteiger partial charge on any atom is -0.268 e. The SMILES string of the molecule is CCCc1ccc2c(c1)c(C)nn2C. The fourth-order valence-electron chi connectivity index (χ4n) is 1.93. The lowest BCUT2D eigenvalue weighted by atomic mass is 10.1. The Kier molecular flexibility index (Phi) is 2.28. The molecule has 0 amide bonds. The molecule has 0 saturated heterocycles. The topological polar surface area (TPSA) is 17.8 Å². The molecule has 1 heterocycles. The highest BCUT2D eigenvalue weighted by molar-refractivity contribution is 5.82. The van der Waals surface area contributed by atoms with Gasteiger partial charge in [0.15, 0.2) is 0 Å². The number of aryl methyl sites for hydroxylation is 3. The lowest BCUT2D eigenvalue weighted by Gasteiger charge is -1.99. The van der Waals surface area contributed by atoms with E-state index in [4.69, 9.17) is 0 Å². The summed E-state index contributed by atoms with van der Waals surface area (Å²) in [7, 11) is 1.99. The van der Waals surface area contributed by atoms with E-state index < -0.39 is 0 Å². The Hall–Kier alpha value is -1.31. The van der Waals surface area contributed by atoms with Crippen LogP contribution in [0.5, 0.6) is 0 Å². The van der Waals surface area contributed by atoms with E-state index in [2.05, 4.69) is 37.1 Å². The molecule has 0 aliphatic heterocycles. The maximum absolute atomic E-state index is 4.41. The van der Waals surface area contributed by atoms with Crippen LogP contribution in [0.4, 0.5) is 0 Å². The molecular weight excluding hydrogens is 172 g/mol. The maximum Gasteiger partial charge on any atom is 0.0682 e. The van der Waals surface area contributed by atoms with Gasteiger partial charge in [-0.15, -0.1) is 0 Å². The van der Waals surface area contributed by atoms with Crippen LogP contribution in [-0.2, 0) is 13.5 Å². The van der Waals surface area contributed by atoms with Crippen molar-refractivity contribution in [3.05, 3.63) is 29.5 Å². The third-order valence-corrected chi connectivity index (χ3v) is 2.64. The number of aromatic nitrogens is 2. The lowest BCUT2D eigenvalue weighted by molar-refractivity contribution is 0.783. The number of fused-ring (bicyclic) bond motifs is 1. The lowest BCUT2D eigenvalue weighted by Crippen LogP contribution is -1.89. The quantitative estimate of drug-likeness (QED) is 0.708. The van der Waals surface area contributed by atoms with Gasteiger partial charge in [0.1, 0.15) is 0 Å². The molecule has 0 radical (unpaired) electrons. The molecule has 0 atom stereocenters. The molecule has 14 heavy (non-hydrogen) atoms. The van der Waals surface area contributed by atoms with Crippen LogP contribution in [0, 0.1) is 6.92 Å². The Morgan fingerprint density at radius 3 is 2.86 bits per heavy atom. The maximum atomic E-state index is 4.41. The van der Waals surface area contributed by atoms with E-state index in [1.165, 1.54) is 22.9 Å². The van der Waals surface area contributed by atoms with Gasteiger partial charge in [-0.3, -0.25) is 4.68 Å². The van der Waals surface area contributed by atoms with Crippen LogP contribution in [-0.4, -0.2) is 9.78 Å². The van der Waals surface area contributed by atoms with Gasteiger partial charge in [0.05, 0.1) is 11.2 Å². The predicted octanol–water partition coefficient (Wildman–Crippen LogP) is 2.83. The number of rotatable bonds is 2. The third-order valence-electron chi connectivity index (χ3n) is 2.64. The van der Waals surface area contributed by atoms with Gasteiger partial charge in [-0.25, -0.2) is 0 Å². The van der Waals surface area contributed by atoms with E-state index in [9.17, 15) is 0 Å². The van der Waals surface area contributed by atoms with Crippen LogP contribution in [0.3, 0.4) is 0 Å². The van der Waals surface area contributed by atoms with E-state index in [1.807, 2.05) is 11.7 Å². The normalized spacial score (nSPS) is 11.1. The van der Waals surface area contributed by atoms with E-state index in [0.717, 1.165) is 12.1 Å². The Balaban J connectivity index is 2.59. The van der Waals surface area contributed by atoms with Gasteiger partial charge < -0.3 is 0 Å². The fraction of sp³-hybridized carbons (Fsp3) is 0.417. The first kappa shape index (κ1) is 9.25. The summed E-state index contributed by atoms with van der Waals surface area (Å²) in [4.78, 5) is 0. The Labute approximate surface area is 84.5 Å². The second-order valence-electron chi connectivity index (χ2n) is 3.81. The molecule has 0 saturated carbocycles. The molecule has 0 aliphatic rings. The van der Waals surface area contributed by atoms with Gasteiger partial charge in [-0.05, 0) is 31.0 Å². The molecule has 2 nitrogen and oxygen atoms in total. The molecular formula is C12H16N2. The van der Waals surface area contributed by atoms with E-state index in [0.29, 0.717) is 0 Å². The number of hydrogen-bond donors (Lipinski definition) is 0. The van der Waals surface area contributed by atoms with Gasteiger partial charge in [0.25, 0.3) is 0 Å². The minimum atomic E-state index is 1.13. The first-order valence-electron chi connectivity index (χ1n) is 5.14. The molecule has 0 unspecified atom stereocenters. The van der Waals surface area contributed by atoms with Crippen molar-refractivity contribution >= 4 is 10.9 Å². The number of hydrogen-bond acceptors (Lipinski definition) is 1. The van der Waals surface area contributed by atoms with Gasteiger partial charge >= 0.3 is 0 Å². The van der Waals surface area contributed by atoms with Crippen molar-refractivity contribution in [2.24, 2.45) is 7.05 Å². The number of nitrogens with zero attached hydrogens (tertiary/aromatic N) is 2. The first-order valence-corrected chi connectivity index (χ1v) is 5.14. The molecule has 0 fully saturated rings. The second kappa shape index (κ2) is 3.45. The van der Waals surface area contributed by atoms with Crippen molar-refractivity contribution in [2.45, 2.75) is 26.7 Å². The summed E-state index contributed by atoms with van der Waals surface area (Å²) >= 11 is 0. The molecule has 0 spiro atoms. The average Bonchev–Trinajstić information content (AvgIpc) is 2.43. The molecule has 2 heteroatoms.